The molecule has 1 aromatic carbocycles. The van der Waals surface area contributed by atoms with E-state index in [1.165, 1.54) is 15.1 Å². The zero-order chi connectivity index (χ0) is 21.3. The molecule has 0 saturated heterocycles. The monoisotopic (exact) mass is 416 g/mol. The van der Waals surface area contributed by atoms with Crippen LogP contribution in [0.3, 0.4) is 0 Å². The van der Waals surface area contributed by atoms with Crippen LogP contribution in [0.15, 0.2) is 44.5 Å². The van der Waals surface area contributed by atoms with Crippen molar-refractivity contribution in [2.24, 2.45) is 0 Å². The van der Waals surface area contributed by atoms with Crippen LogP contribution in [0.25, 0.3) is 16.9 Å². The van der Waals surface area contributed by atoms with Gasteiger partial charge in [-0.15, -0.1) is 0 Å². The lowest BCUT2D eigenvalue weighted by atomic mass is 10.1. The molecule has 0 N–H and O–H groups in total. The standard InChI is InChI=1S/C20H24N4O4S/c1-6-23(7-2)29(26,27)18-12-16(9-8-13(18)3)17-10-11-19(25)24(21-17)20-14(4)22-28-15(20)5/h8-12H,6-7H2,1-5H3. The Morgan fingerprint density at radius 2 is 1.76 bits per heavy atom. The van der Waals surface area contributed by atoms with Gasteiger partial charge in [0.1, 0.15) is 11.4 Å². The van der Waals surface area contributed by atoms with E-state index < -0.39 is 10.0 Å². The molecule has 0 aliphatic heterocycles. The predicted molar refractivity (Wildman–Crippen MR) is 110 cm³/mol. The molecule has 3 rings (SSSR count). The van der Waals surface area contributed by atoms with Crippen LogP contribution >= 0.6 is 0 Å². The maximum atomic E-state index is 13.0. The number of hydrogen-bond donors (Lipinski definition) is 0. The molecular weight excluding hydrogens is 392 g/mol. The average molecular weight is 417 g/mol. The Kier molecular flexibility index (Phi) is 5.72. The summed E-state index contributed by atoms with van der Waals surface area (Å²) in [4.78, 5) is 12.6. The lowest BCUT2D eigenvalue weighted by Gasteiger charge is -2.20. The SMILES string of the molecule is CCN(CC)S(=O)(=O)c1cc(-c2ccc(=O)n(-c3c(C)noc3C)n2)ccc1C. The molecule has 2 heterocycles. The molecule has 0 aliphatic rings. The van der Waals surface area contributed by atoms with E-state index in [4.69, 9.17) is 4.52 Å². The molecule has 0 saturated carbocycles. The first-order valence-corrected chi connectivity index (χ1v) is 10.8. The van der Waals surface area contributed by atoms with E-state index in [0.717, 1.165) is 0 Å². The van der Waals surface area contributed by atoms with Crippen molar-refractivity contribution in [2.75, 3.05) is 13.1 Å². The zero-order valence-electron chi connectivity index (χ0n) is 17.1. The maximum Gasteiger partial charge on any atom is 0.271 e. The molecule has 0 aliphatic carbocycles. The van der Waals surface area contributed by atoms with Gasteiger partial charge in [0, 0.05) is 24.7 Å². The summed E-state index contributed by atoms with van der Waals surface area (Å²) in [5, 5.41) is 8.31. The second-order valence-electron chi connectivity index (χ2n) is 6.71. The molecule has 2 aromatic heterocycles. The number of nitrogens with zero attached hydrogens (tertiary/aromatic N) is 4. The minimum absolute atomic E-state index is 0.232. The van der Waals surface area contributed by atoms with Crippen LogP contribution in [-0.4, -0.2) is 40.7 Å². The largest absolute Gasteiger partial charge is 0.359 e. The van der Waals surface area contributed by atoms with Crippen molar-refractivity contribution >= 4 is 10.0 Å². The van der Waals surface area contributed by atoms with Crippen molar-refractivity contribution in [3.63, 3.8) is 0 Å². The van der Waals surface area contributed by atoms with Crippen LogP contribution in [0.2, 0.25) is 0 Å². The summed E-state index contributed by atoms with van der Waals surface area (Å²) in [7, 11) is -3.63. The van der Waals surface area contributed by atoms with E-state index in [0.29, 0.717) is 47.1 Å². The highest BCUT2D eigenvalue weighted by Gasteiger charge is 2.24. The summed E-state index contributed by atoms with van der Waals surface area (Å²) in [5.41, 5.74) is 2.43. The van der Waals surface area contributed by atoms with Crippen molar-refractivity contribution in [3.05, 3.63) is 57.7 Å². The van der Waals surface area contributed by atoms with E-state index in [-0.39, 0.29) is 10.5 Å². The maximum absolute atomic E-state index is 13.0. The average Bonchev–Trinajstić information content (AvgIpc) is 3.01. The number of rotatable bonds is 6. The summed E-state index contributed by atoms with van der Waals surface area (Å²) in [5.74, 6) is 0.475. The van der Waals surface area contributed by atoms with Gasteiger partial charge < -0.3 is 4.52 Å². The van der Waals surface area contributed by atoms with Crippen molar-refractivity contribution in [1.29, 1.82) is 0 Å². The van der Waals surface area contributed by atoms with Gasteiger partial charge in [-0.1, -0.05) is 31.1 Å². The van der Waals surface area contributed by atoms with E-state index in [2.05, 4.69) is 10.3 Å². The first-order valence-electron chi connectivity index (χ1n) is 9.35. The third-order valence-corrected chi connectivity index (χ3v) is 7.01. The molecule has 0 unspecified atom stereocenters. The Labute approximate surface area is 169 Å². The molecule has 0 spiro atoms. The lowest BCUT2D eigenvalue weighted by Crippen LogP contribution is -2.31. The molecule has 8 nitrogen and oxygen atoms in total. The Hall–Kier alpha value is -2.78. The summed E-state index contributed by atoms with van der Waals surface area (Å²) in [6, 6.07) is 8.12. The lowest BCUT2D eigenvalue weighted by molar-refractivity contribution is 0.392. The van der Waals surface area contributed by atoms with E-state index >= 15 is 0 Å². The van der Waals surface area contributed by atoms with Crippen LogP contribution in [-0.2, 0) is 10.0 Å². The Morgan fingerprint density at radius 1 is 1.07 bits per heavy atom. The van der Waals surface area contributed by atoms with Gasteiger partial charge in [0.05, 0.1) is 10.6 Å². The molecule has 0 radical (unpaired) electrons. The first kappa shape index (κ1) is 20.9. The Bertz CT molecular complexity index is 1190. The van der Waals surface area contributed by atoms with E-state index in [9.17, 15) is 13.2 Å². The molecule has 29 heavy (non-hydrogen) atoms. The van der Waals surface area contributed by atoms with Crippen molar-refractivity contribution in [3.8, 4) is 16.9 Å². The quantitative estimate of drug-likeness (QED) is 0.613. The fourth-order valence-corrected chi connectivity index (χ4v) is 4.95. The fourth-order valence-electron chi connectivity index (χ4n) is 3.25. The summed E-state index contributed by atoms with van der Waals surface area (Å²) >= 11 is 0. The number of hydrogen-bond acceptors (Lipinski definition) is 6. The Morgan fingerprint density at radius 3 is 2.34 bits per heavy atom. The smallest absolute Gasteiger partial charge is 0.271 e. The molecule has 0 fully saturated rings. The molecular formula is C20H24N4O4S. The third kappa shape index (κ3) is 3.75. The first-order chi connectivity index (χ1) is 13.7. The highest BCUT2D eigenvalue weighted by atomic mass is 32.2. The van der Waals surface area contributed by atoms with Crippen LogP contribution in [0.4, 0.5) is 0 Å². The zero-order valence-corrected chi connectivity index (χ0v) is 17.9. The number of benzene rings is 1. The van der Waals surface area contributed by atoms with Crippen LogP contribution in [0.1, 0.15) is 30.9 Å². The van der Waals surface area contributed by atoms with Crippen molar-refractivity contribution in [1.82, 2.24) is 19.2 Å². The highest BCUT2D eigenvalue weighted by molar-refractivity contribution is 7.89. The van der Waals surface area contributed by atoms with Crippen LogP contribution < -0.4 is 5.56 Å². The van der Waals surface area contributed by atoms with Crippen molar-refractivity contribution < 1.29 is 12.9 Å². The van der Waals surface area contributed by atoms with Gasteiger partial charge in [-0.25, -0.2) is 8.42 Å². The van der Waals surface area contributed by atoms with Crippen LogP contribution in [0, 0.1) is 20.8 Å². The molecule has 3 aromatic rings. The van der Waals surface area contributed by atoms with Gasteiger partial charge in [-0.05, 0) is 38.5 Å². The number of sulfonamides is 1. The summed E-state index contributed by atoms with van der Waals surface area (Å²) < 4.78 is 33.8. The molecule has 0 amide bonds. The Balaban J connectivity index is 2.16. The normalized spacial score (nSPS) is 11.9. The van der Waals surface area contributed by atoms with Gasteiger partial charge in [0.15, 0.2) is 5.76 Å². The van der Waals surface area contributed by atoms with E-state index in [1.54, 1.807) is 58.9 Å². The van der Waals surface area contributed by atoms with Gasteiger partial charge in [-0.2, -0.15) is 14.1 Å². The summed E-state index contributed by atoms with van der Waals surface area (Å²) in [6.07, 6.45) is 0. The van der Waals surface area contributed by atoms with Crippen molar-refractivity contribution in [2.45, 2.75) is 39.5 Å². The molecule has 0 atom stereocenters. The van der Waals surface area contributed by atoms with Crippen LogP contribution in [0.5, 0.6) is 0 Å². The molecule has 154 valence electrons. The number of aryl methyl sites for hydroxylation is 3. The van der Waals surface area contributed by atoms with E-state index in [1.807, 2.05) is 0 Å². The summed E-state index contributed by atoms with van der Waals surface area (Å²) in [6.45, 7) is 9.58. The second-order valence-corrected chi connectivity index (χ2v) is 8.62. The van der Waals surface area contributed by atoms with Gasteiger partial charge in [0.2, 0.25) is 10.0 Å². The third-order valence-electron chi connectivity index (χ3n) is 4.81. The van der Waals surface area contributed by atoms with Gasteiger partial charge >= 0.3 is 0 Å². The second kappa shape index (κ2) is 7.92. The minimum Gasteiger partial charge on any atom is -0.359 e. The minimum atomic E-state index is -3.63. The fraction of sp³-hybridized carbons (Fsp3) is 0.350. The number of aromatic nitrogens is 3. The molecule has 0 bridgehead atoms. The predicted octanol–water partition coefficient (Wildman–Crippen LogP) is 2.84. The topological polar surface area (TPSA) is 98.3 Å². The highest BCUT2D eigenvalue weighted by Crippen LogP contribution is 2.26. The molecule has 9 heteroatoms. The van der Waals surface area contributed by atoms with Gasteiger partial charge in [-0.3, -0.25) is 4.79 Å². The van der Waals surface area contributed by atoms with Gasteiger partial charge in [0.25, 0.3) is 5.56 Å².